The lowest BCUT2D eigenvalue weighted by atomic mass is 9.95. The molecule has 8 nitrogen and oxygen atoms in total. The normalized spacial score (nSPS) is 15.4. The summed E-state index contributed by atoms with van der Waals surface area (Å²) in [5.74, 6) is 1.02. The van der Waals surface area contributed by atoms with Crippen LogP contribution in [0.15, 0.2) is 29.3 Å². The summed E-state index contributed by atoms with van der Waals surface area (Å²) in [6, 6.07) is 3.56. The van der Waals surface area contributed by atoms with Crippen LogP contribution in [0.2, 0.25) is 0 Å². The Labute approximate surface area is 152 Å². The molecule has 0 N–H and O–H groups in total. The first-order valence-corrected chi connectivity index (χ1v) is 9.01. The molecule has 1 aliphatic rings. The van der Waals surface area contributed by atoms with Crippen molar-refractivity contribution < 1.29 is 9.53 Å². The zero-order valence-corrected chi connectivity index (χ0v) is 15.3. The Kier molecular flexibility index (Phi) is 5.82. The van der Waals surface area contributed by atoms with Crippen molar-refractivity contribution >= 4 is 5.91 Å². The largest absolute Gasteiger partial charge is 0.383 e. The molecule has 3 rings (SSSR count). The van der Waals surface area contributed by atoms with Gasteiger partial charge in [-0.3, -0.25) is 14.3 Å². The fourth-order valence-corrected chi connectivity index (χ4v) is 3.39. The summed E-state index contributed by atoms with van der Waals surface area (Å²) >= 11 is 0. The second-order valence-corrected chi connectivity index (χ2v) is 6.41. The number of pyridine rings is 1. The molecule has 0 radical (unpaired) electrons. The predicted octanol–water partition coefficient (Wildman–Crippen LogP) is 1.13. The average molecular weight is 359 g/mol. The molecule has 0 unspecified atom stereocenters. The minimum atomic E-state index is -0.0894. The molecular formula is C18H25N5O3. The van der Waals surface area contributed by atoms with Gasteiger partial charge in [-0.15, -0.1) is 0 Å². The third-order valence-corrected chi connectivity index (χ3v) is 4.83. The van der Waals surface area contributed by atoms with Crippen molar-refractivity contribution in [3.63, 3.8) is 0 Å². The Morgan fingerprint density at radius 3 is 2.73 bits per heavy atom. The highest BCUT2D eigenvalue weighted by Crippen LogP contribution is 2.27. The third-order valence-electron chi connectivity index (χ3n) is 4.83. The van der Waals surface area contributed by atoms with Gasteiger partial charge in [0.25, 0.3) is 5.91 Å². The van der Waals surface area contributed by atoms with E-state index in [-0.39, 0.29) is 17.5 Å². The van der Waals surface area contributed by atoms with Gasteiger partial charge in [-0.2, -0.15) is 5.10 Å². The monoisotopic (exact) mass is 359 g/mol. The third kappa shape index (κ3) is 3.70. The molecule has 140 valence electrons. The molecule has 1 saturated heterocycles. The summed E-state index contributed by atoms with van der Waals surface area (Å²) in [5, 5.41) is 4.54. The number of methoxy groups -OCH3 is 1. The summed E-state index contributed by atoms with van der Waals surface area (Å²) < 4.78 is 8.27. The molecule has 0 aromatic carbocycles. The number of amides is 1. The molecule has 26 heavy (non-hydrogen) atoms. The molecule has 0 aliphatic carbocycles. The van der Waals surface area contributed by atoms with Gasteiger partial charge in [0.2, 0.25) is 0 Å². The lowest BCUT2D eigenvalue weighted by molar-refractivity contribution is 0.0709. The molecule has 2 aromatic rings. The Balaban J connectivity index is 1.70. The van der Waals surface area contributed by atoms with Crippen LogP contribution >= 0.6 is 0 Å². The van der Waals surface area contributed by atoms with Crippen LogP contribution in [0.5, 0.6) is 0 Å². The van der Waals surface area contributed by atoms with Gasteiger partial charge >= 0.3 is 5.69 Å². The van der Waals surface area contributed by atoms with E-state index in [0.29, 0.717) is 38.3 Å². The maximum absolute atomic E-state index is 12.5. The zero-order chi connectivity index (χ0) is 18.5. The summed E-state index contributed by atoms with van der Waals surface area (Å²) in [4.78, 5) is 30.9. The first-order chi connectivity index (χ1) is 12.7. The van der Waals surface area contributed by atoms with E-state index in [4.69, 9.17) is 4.74 Å². The van der Waals surface area contributed by atoms with E-state index in [2.05, 4.69) is 10.1 Å². The molecule has 2 aromatic heterocycles. The number of hydrogen-bond donors (Lipinski definition) is 0. The maximum atomic E-state index is 12.5. The van der Waals surface area contributed by atoms with Crippen LogP contribution in [-0.4, -0.2) is 56.9 Å². The minimum Gasteiger partial charge on any atom is -0.383 e. The van der Waals surface area contributed by atoms with Crippen LogP contribution in [0.1, 0.15) is 41.9 Å². The number of carbonyl (C=O) groups excluding carboxylic acids is 1. The average Bonchev–Trinajstić information content (AvgIpc) is 3.02. The number of likely N-dealkylation sites (tertiary alicyclic amines) is 1. The minimum absolute atomic E-state index is 0.00931. The lowest BCUT2D eigenvalue weighted by Gasteiger charge is -2.31. The van der Waals surface area contributed by atoms with Gasteiger partial charge in [0, 0.05) is 45.1 Å². The van der Waals surface area contributed by atoms with Gasteiger partial charge in [0.15, 0.2) is 0 Å². The van der Waals surface area contributed by atoms with E-state index < -0.39 is 0 Å². The second-order valence-electron chi connectivity index (χ2n) is 6.41. The van der Waals surface area contributed by atoms with Gasteiger partial charge in [0.05, 0.1) is 18.7 Å². The van der Waals surface area contributed by atoms with Crippen molar-refractivity contribution in [3.05, 3.63) is 46.4 Å². The number of carbonyl (C=O) groups is 1. The molecule has 8 heteroatoms. The van der Waals surface area contributed by atoms with E-state index in [1.54, 1.807) is 36.2 Å². The Bertz CT molecular complexity index is 791. The van der Waals surface area contributed by atoms with Crippen molar-refractivity contribution in [2.24, 2.45) is 0 Å². The van der Waals surface area contributed by atoms with Gasteiger partial charge in [0.1, 0.15) is 5.82 Å². The predicted molar refractivity (Wildman–Crippen MR) is 96.2 cm³/mol. The molecule has 0 saturated carbocycles. The highest BCUT2D eigenvalue weighted by Gasteiger charge is 2.28. The van der Waals surface area contributed by atoms with Crippen molar-refractivity contribution in [2.45, 2.75) is 38.8 Å². The number of hydrogen-bond acceptors (Lipinski definition) is 5. The Morgan fingerprint density at radius 2 is 2.12 bits per heavy atom. The molecule has 3 heterocycles. The fraction of sp³-hybridized carbons (Fsp3) is 0.556. The molecule has 1 aliphatic heterocycles. The summed E-state index contributed by atoms with van der Waals surface area (Å²) in [6.45, 7) is 4.76. The number of piperidine rings is 1. The fourth-order valence-electron chi connectivity index (χ4n) is 3.39. The van der Waals surface area contributed by atoms with Gasteiger partial charge < -0.3 is 9.64 Å². The Morgan fingerprint density at radius 1 is 1.35 bits per heavy atom. The van der Waals surface area contributed by atoms with E-state index in [9.17, 15) is 9.59 Å². The topological polar surface area (TPSA) is 82.2 Å². The van der Waals surface area contributed by atoms with Gasteiger partial charge in [-0.05, 0) is 31.9 Å². The standard InChI is InChI=1S/C18H25N5O3/c1-3-22-16(20-23(18(22)25)11-12-26-2)14-6-9-21(10-7-14)17(24)15-5-4-8-19-13-15/h4-5,8,13-14H,3,6-7,9-12H2,1-2H3. The maximum Gasteiger partial charge on any atom is 0.345 e. The number of rotatable bonds is 6. The van der Waals surface area contributed by atoms with E-state index in [0.717, 1.165) is 18.7 Å². The summed E-state index contributed by atoms with van der Waals surface area (Å²) in [7, 11) is 1.61. The van der Waals surface area contributed by atoms with Crippen LogP contribution in [0, 0.1) is 0 Å². The lowest BCUT2D eigenvalue weighted by Crippen LogP contribution is -2.38. The highest BCUT2D eigenvalue weighted by atomic mass is 16.5. The molecule has 0 bridgehead atoms. The Hall–Kier alpha value is -2.48. The first kappa shape index (κ1) is 18.3. The number of nitrogens with zero attached hydrogens (tertiary/aromatic N) is 5. The molecular weight excluding hydrogens is 334 g/mol. The smallest absolute Gasteiger partial charge is 0.345 e. The molecule has 0 atom stereocenters. The number of ether oxygens (including phenoxy) is 1. The highest BCUT2D eigenvalue weighted by molar-refractivity contribution is 5.93. The number of aromatic nitrogens is 4. The summed E-state index contributed by atoms with van der Waals surface area (Å²) in [5.41, 5.74) is 0.522. The van der Waals surface area contributed by atoms with Crippen LogP contribution in [0.25, 0.3) is 0 Å². The van der Waals surface area contributed by atoms with E-state index in [1.807, 2.05) is 11.8 Å². The molecule has 1 amide bonds. The van der Waals surface area contributed by atoms with Gasteiger partial charge in [-0.1, -0.05) is 0 Å². The van der Waals surface area contributed by atoms with Crippen molar-refractivity contribution in [1.29, 1.82) is 0 Å². The van der Waals surface area contributed by atoms with E-state index in [1.165, 1.54) is 4.68 Å². The summed E-state index contributed by atoms with van der Waals surface area (Å²) in [6.07, 6.45) is 4.85. The second kappa shape index (κ2) is 8.27. The quantitative estimate of drug-likeness (QED) is 0.772. The SMILES string of the molecule is CCn1c(C2CCN(C(=O)c3cccnc3)CC2)nn(CCOC)c1=O. The van der Waals surface area contributed by atoms with Gasteiger partial charge in [-0.25, -0.2) is 9.48 Å². The van der Waals surface area contributed by atoms with Crippen LogP contribution in [0.3, 0.4) is 0 Å². The van der Waals surface area contributed by atoms with Crippen molar-refractivity contribution in [1.82, 2.24) is 24.2 Å². The van der Waals surface area contributed by atoms with Crippen molar-refractivity contribution in [2.75, 3.05) is 26.8 Å². The van der Waals surface area contributed by atoms with Crippen LogP contribution in [-0.2, 0) is 17.8 Å². The van der Waals surface area contributed by atoms with Crippen LogP contribution < -0.4 is 5.69 Å². The van der Waals surface area contributed by atoms with E-state index >= 15 is 0 Å². The zero-order valence-electron chi connectivity index (χ0n) is 15.3. The molecule has 1 fully saturated rings. The molecule has 0 spiro atoms. The van der Waals surface area contributed by atoms with Crippen LogP contribution in [0.4, 0.5) is 0 Å². The van der Waals surface area contributed by atoms with Crippen molar-refractivity contribution in [3.8, 4) is 0 Å². The first-order valence-electron chi connectivity index (χ1n) is 9.01.